The van der Waals surface area contributed by atoms with Crippen molar-refractivity contribution in [3.63, 3.8) is 0 Å². The third-order valence-corrected chi connectivity index (χ3v) is 6.44. The van der Waals surface area contributed by atoms with Crippen molar-refractivity contribution in [1.82, 2.24) is 14.5 Å². The fourth-order valence-corrected chi connectivity index (χ4v) is 5.11. The zero-order valence-corrected chi connectivity index (χ0v) is 18.2. The third-order valence-electron chi connectivity index (χ3n) is 5.34. The fraction of sp³-hybridized carbons (Fsp3) is 0.409. The van der Waals surface area contributed by atoms with Crippen LogP contribution in [0.3, 0.4) is 0 Å². The number of aromatic nitrogens is 2. The van der Waals surface area contributed by atoms with Crippen LogP contribution in [0.2, 0.25) is 0 Å². The highest BCUT2D eigenvalue weighted by Crippen LogP contribution is 2.26. The van der Waals surface area contributed by atoms with Gasteiger partial charge < -0.3 is 15.5 Å². The molecular weight excluding hydrogens is 396 g/mol. The summed E-state index contributed by atoms with van der Waals surface area (Å²) in [4.78, 5) is 23.8. The van der Waals surface area contributed by atoms with E-state index >= 15 is 0 Å². The summed E-state index contributed by atoms with van der Waals surface area (Å²) < 4.78 is 2.37. The SMILES string of the molecule is CN(C)Cc1cc2nc(N3CCC[C@@H](N)C3)n(Cc3ccccc3C#N)c(=O)c2s1. The first kappa shape index (κ1) is 20.5. The van der Waals surface area contributed by atoms with E-state index in [0.717, 1.165) is 41.9 Å². The Labute approximate surface area is 180 Å². The number of piperidine rings is 1. The number of hydrogen-bond acceptors (Lipinski definition) is 7. The number of nitriles is 1. The molecule has 0 unspecified atom stereocenters. The molecule has 1 aliphatic rings. The van der Waals surface area contributed by atoms with Gasteiger partial charge in [0.15, 0.2) is 0 Å². The lowest BCUT2D eigenvalue weighted by Gasteiger charge is -2.33. The van der Waals surface area contributed by atoms with E-state index in [9.17, 15) is 10.1 Å². The zero-order chi connectivity index (χ0) is 21.3. The van der Waals surface area contributed by atoms with Crippen LogP contribution in [-0.4, -0.2) is 47.7 Å². The van der Waals surface area contributed by atoms with Crippen molar-refractivity contribution in [2.45, 2.75) is 32.0 Å². The lowest BCUT2D eigenvalue weighted by Crippen LogP contribution is -2.45. The van der Waals surface area contributed by atoms with Crippen LogP contribution in [0.15, 0.2) is 35.1 Å². The van der Waals surface area contributed by atoms with E-state index in [1.54, 1.807) is 10.6 Å². The molecule has 0 saturated carbocycles. The topological polar surface area (TPSA) is 91.2 Å². The second-order valence-electron chi connectivity index (χ2n) is 8.09. The highest BCUT2D eigenvalue weighted by molar-refractivity contribution is 7.18. The number of nitrogens with two attached hydrogens (primary N) is 1. The first-order valence-corrected chi connectivity index (χ1v) is 10.9. The van der Waals surface area contributed by atoms with Crippen LogP contribution < -0.4 is 16.2 Å². The maximum Gasteiger partial charge on any atom is 0.273 e. The largest absolute Gasteiger partial charge is 0.341 e. The molecule has 0 amide bonds. The summed E-state index contributed by atoms with van der Waals surface area (Å²) in [5.41, 5.74) is 8.29. The summed E-state index contributed by atoms with van der Waals surface area (Å²) in [6, 6.07) is 11.7. The third kappa shape index (κ3) is 4.10. The molecule has 30 heavy (non-hydrogen) atoms. The van der Waals surface area contributed by atoms with Crippen LogP contribution in [0.5, 0.6) is 0 Å². The molecule has 0 spiro atoms. The van der Waals surface area contributed by atoms with Gasteiger partial charge in [0.05, 0.1) is 23.7 Å². The van der Waals surface area contributed by atoms with Crippen molar-refractivity contribution in [2.75, 3.05) is 32.1 Å². The molecule has 1 aromatic carbocycles. The van der Waals surface area contributed by atoms with Gasteiger partial charge in [-0.3, -0.25) is 9.36 Å². The van der Waals surface area contributed by atoms with Crippen LogP contribution in [0.4, 0.5) is 5.95 Å². The Bertz CT molecular complexity index is 1160. The molecule has 3 heterocycles. The predicted octanol–water partition coefficient (Wildman–Crippen LogP) is 2.37. The van der Waals surface area contributed by atoms with Crippen LogP contribution in [0.1, 0.15) is 28.8 Å². The van der Waals surface area contributed by atoms with Crippen LogP contribution in [0, 0.1) is 11.3 Å². The molecule has 156 valence electrons. The standard InChI is InChI=1S/C22H26N6OS/c1-26(2)14-18-10-19-20(30-18)21(29)28(12-16-7-4-3-6-15(16)11-23)22(25-19)27-9-5-8-17(24)13-27/h3-4,6-7,10,17H,5,8-9,12-14,24H2,1-2H3/t17-/m1/s1. The highest BCUT2D eigenvalue weighted by atomic mass is 32.1. The van der Waals surface area contributed by atoms with Gasteiger partial charge in [-0.05, 0) is 44.6 Å². The normalized spacial score (nSPS) is 16.9. The Hall–Kier alpha value is -2.73. The number of thiophene rings is 1. The van der Waals surface area contributed by atoms with E-state index in [1.165, 1.54) is 11.3 Å². The number of hydrogen-bond donors (Lipinski definition) is 1. The smallest absolute Gasteiger partial charge is 0.273 e. The van der Waals surface area contributed by atoms with E-state index in [0.29, 0.717) is 29.3 Å². The number of anilines is 1. The van der Waals surface area contributed by atoms with E-state index < -0.39 is 0 Å². The first-order chi connectivity index (χ1) is 14.5. The van der Waals surface area contributed by atoms with Crippen molar-refractivity contribution >= 4 is 27.5 Å². The quantitative estimate of drug-likeness (QED) is 0.679. The van der Waals surface area contributed by atoms with Gasteiger partial charge in [-0.25, -0.2) is 4.98 Å². The van der Waals surface area contributed by atoms with Crippen molar-refractivity contribution < 1.29 is 0 Å². The molecule has 1 saturated heterocycles. The molecule has 0 aliphatic carbocycles. The van der Waals surface area contributed by atoms with E-state index in [2.05, 4.69) is 15.9 Å². The molecule has 0 bridgehead atoms. The van der Waals surface area contributed by atoms with Gasteiger partial charge in [-0.1, -0.05) is 18.2 Å². The summed E-state index contributed by atoms with van der Waals surface area (Å²) in [7, 11) is 4.02. The van der Waals surface area contributed by atoms with Crippen molar-refractivity contribution in [1.29, 1.82) is 5.26 Å². The average molecular weight is 423 g/mol. The Morgan fingerprint density at radius 2 is 2.17 bits per heavy atom. The zero-order valence-electron chi connectivity index (χ0n) is 17.3. The van der Waals surface area contributed by atoms with Gasteiger partial charge >= 0.3 is 0 Å². The summed E-state index contributed by atoms with van der Waals surface area (Å²) in [6.07, 6.45) is 1.95. The molecule has 1 aliphatic heterocycles. The van der Waals surface area contributed by atoms with E-state index in [1.807, 2.05) is 38.4 Å². The maximum absolute atomic E-state index is 13.6. The molecule has 2 N–H and O–H groups in total. The van der Waals surface area contributed by atoms with Crippen molar-refractivity contribution in [3.8, 4) is 6.07 Å². The molecular formula is C22H26N6OS. The van der Waals surface area contributed by atoms with Crippen molar-refractivity contribution in [3.05, 3.63) is 56.7 Å². The van der Waals surface area contributed by atoms with E-state index in [4.69, 9.17) is 10.7 Å². The Kier molecular flexibility index (Phi) is 5.86. The van der Waals surface area contributed by atoms with Gasteiger partial charge in [-0.15, -0.1) is 11.3 Å². The van der Waals surface area contributed by atoms with Gasteiger partial charge in [-0.2, -0.15) is 5.26 Å². The minimum absolute atomic E-state index is 0.0584. The molecule has 7 nitrogen and oxygen atoms in total. The van der Waals surface area contributed by atoms with E-state index in [-0.39, 0.29) is 11.6 Å². The fourth-order valence-electron chi connectivity index (χ4n) is 3.95. The van der Waals surface area contributed by atoms with Crippen LogP contribution in [-0.2, 0) is 13.1 Å². The number of fused-ring (bicyclic) bond motifs is 1. The summed E-state index contributed by atoms with van der Waals surface area (Å²) in [6.45, 7) is 2.57. The molecule has 3 aromatic rings. The predicted molar refractivity (Wildman–Crippen MR) is 121 cm³/mol. The second-order valence-corrected chi connectivity index (χ2v) is 9.22. The minimum atomic E-state index is -0.0584. The molecule has 1 fully saturated rings. The van der Waals surface area contributed by atoms with Crippen molar-refractivity contribution in [2.24, 2.45) is 5.73 Å². The van der Waals surface area contributed by atoms with Crippen LogP contribution in [0.25, 0.3) is 10.2 Å². The highest BCUT2D eigenvalue weighted by Gasteiger charge is 2.24. The van der Waals surface area contributed by atoms with Crippen LogP contribution >= 0.6 is 11.3 Å². The first-order valence-electron chi connectivity index (χ1n) is 10.1. The molecule has 1 atom stereocenters. The lowest BCUT2D eigenvalue weighted by atomic mass is 10.1. The van der Waals surface area contributed by atoms with Gasteiger partial charge in [0.25, 0.3) is 5.56 Å². The average Bonchev–Trinajstić information content (AvgIpc) is 3.12. The summed E-state index contributed by atoms with van der Waals surface area (Å²) in [5, 5.41) is 9.49. The second kappa shape index (κ2) is 8.56. The van der Waals surface area contributed by atoms with Gasteiger partial charge in [0.2, 0.25) is 5.95 Å². The number of rotatable bonds is 5. The Balaban J connectivity index is 1.86. The van der Waals surface area contributed by atoms with Gasteiger partial charge in [0, 0.05) is 30.6 Å². The summed E-state index contributed by atoms with van der Waals surface area (Å²) >= 11 is 1.50. The lowest BCUT2D eigenvalue weighted by molar-refractivity contribution is 0.406. The maximum atomic E-state index is 13.6. The van der Waals surface area contributed by atoms with Gasteiger partial charge in [0.1, 0.15) is 4.70 Å². The molecule has 8 heteroatoms. The Morgan fingerprint density at radius 3 is 2.90 bits per heavy atom. The number of benzene rings is 1. The molecule has 2 aromatic heterocycles. The number of nitrogens with zero attached hydrogens (tertiary/aromatic N) is 5. The Morgan fingerprint density at radius 1 is 1.37 bits per heavy atom. The summed E-state index contributed by atoms with van der Waals surface area (Å²) in [5.74, 6) is 0.643. The minimum Gasteiger partial charge on any atom is -0.341 e. The monoisotopic (exact) mass is 422 g/mol. The molecule has 4 rings (SSSR count). The molecule has 0 radical (unpaired) electrons.